The highest BCUT2D eigenvalue weighted by molar-refractivity contribution is 7.49. The van der Waals surface area contributed by atoms with Crippen molar-refractivity contribution in [1.29, 1.82) is 0 Å². The second-order valence-electron chi connectivity index (χ2n) is 4.36. The summed E-state index contributed by atoms with van der Waals surface area (Å²) < 4.78 is 27.2. The van der Waals surface area contributed by atoms with Crippen molar-refractivity contribution >= 4 is 7.82 Å². The minimum absolute atomic E-state index is 0.358. The van der Waals surface area contributed by atoms with E-state index in [1.54, 1.807) is 24.3 Å². The Labute approximate surface area is 117 Å². The van der Waals surface area contributed by atoms with E-state index in [0.717, 1.165) is 11.1 Å². The van der Waals surface area contributed by atoms with Crippen molar-refractivity contribution in [2.75, 3.05) is 0 Å². The summed E-state index contributed by atoms with van der Waals surface area (Å²) in [7, 11) is -3.90. The van der Waals surface area contributed by atoms with E-state index in [1.165, 1.54) is 0 Å². The van der Waals surface area contributed by atoms with E-state index < -0.39 is 7.82 Å². The summed E-state index contributed by atoms with van der Waals surface area (Å²) in [4.78, 5) is 0. The van der Waals surface area contributed by atoms with Gasteiger partial charge in [0.05, 0.1) is 0 Å². The van der Waals surface area contributed by atoms with Gasteiger partial charge in [-0.15, -0.1) is 0 Å². The molecule has 0 amide bonds. The average Bonchev–Trinajstić information content (AvgIpc) is 2.44. The second kappa shape index (κ2) is 6.09. The Hall–Kier alpha value is -1.81. The fraction of sp³-hybridized carbons (Fsp3) is 0.143. The van der Waals surface area contributed by atoms with Gasteiger partial charge >= 0.3 is 7.82 Å². The van der Waals surface area contributed by atoms with Gasteiger partial charge in [0, 0.05) is 0 Å². The van der Waals surface area contributed by atoms with Crippen molar-refractivity contribution in [2.24, 2.45) is 5.90 Å². The number of hydrogen-bond acceptors (Lipinski definition) is 5. The van der Waals surface area contributed by atoms with E-state index in [2.05, 4.69) is 4.62 Å². The van der Waals surface area contributed by atoms with E-state index in [1.807, 2.05) is 38.1 Å². The third kappa shape index (κ3) is 3.84. The summed E-state index contributed by atoms with van der Waals surface area (Å²) in [6.07, 6.45) is 0. The molecule has 0 fully saturated rings. The number of phosphoric acid groups is 1. The van der Waals surface area contributed by atoms with Gasteiger partial charge in [0.15, 0.2) is 0 Å². The minimum Gasteiger partial charge on any atom is -0.394 e. The van der Waals surface area contributed by atoms with Crippen molar-refractivity contribution in [3.05, 3.63) is 59.7 Å². The van der Waals surface area contributed by atoms with Crippen LogP contribution in [0.25, 0.3) is 0 Å². The molecular formula is C14H16NO4P. The molecule has 0 saturated heterocycles. The Kier molecular flexibility index (Phi) is 4.45. The summed E-state index contributed by atoms with van der Waals surface area (Å²) in [6.45, 7) is 3.87. The number of phosphoric ester groups is 1. The van der Waals surface area contributed by atoms with Gasteiger partial charge in [-0.05, 0) is 38.1 Å². The fourth-order valence-electron chi connectivity index (χ4n) is 1.52. The molecule has 0 bridgehead atoms. The number of hydrogen-bond donors (Lipinski definition) is 1. The summed E-state index contributed by atoms with van der Waals surface area (Å²) in [6, 6.07) is 14.0. The molecule has 20 heavy (non-hydrogen) atoms. The first-order valence-electron chi connectivity index (χ1n) is 6.02. The lowest BCUT2D eigenvalue weighted by Gasteiger charge is -2.16. The van der Waals surface area contributed by atoms with Gasteiger partial charge in [-0.1, -0.05) is 35.4 Å². The van der Waals surface area contributed by atoms with Crippen molar-refractivity contribution in [1.82, 2.24) is 0 Å². The molecule has 0 aromatic heterocycles. The minimum atomic E-state index is -3.90. The Morgan fingerprint density at radius 3 is 1.45 bits per heavy atom. The molecule has 0 spiro atoms. The molecule has 0 radical (unpaired) electrons. The molecule has 6 heteroatoms. The van der Waals surface area contributed by atoms with Crippen LogP contribution in [0.5, 0.6) is 11.5 Å². The van der Waals surface area contributed by atoms with Gasteiger partial charge in [0.1, 0.15) is 11.5 Å². The fourth-order valence-corrected chi connectivity index (χ4v) is 2.40. The number of rotatable bonds is 5. The van der Waals surface area contributed by atoms with Gasteiger partial charge in [-0.25, -0.2) is 10.5 Å². The van der Waals surface area contributed by atoms with Gasteiger partial charge < -0.3 is 9.05 Å². The van der Waals surface area contributed by atoms with Crippen molar-refractivity contribution in [3.8, 4) is 11.5 Å². The Balaban J connectivity index is 2.14. The highest BCUT2D eigenvalue weighted by Gasteiger charge is 2.30. The first kappa shape index (κ1) is 14.6. The van der Waals surface area contributed by atoms with Crippen LogP contribution in [-0.2, 0) is 9.19 Å². The maximum absolute atomic E-state index is 12.3. The highest BCUT2D eigenvalue weighted by Crippen LogP contribution is 2.47. The molecule has 0 heterocycles. The molecule has 2 aromatic carbocycles. The number of nitrogens with two attached hydrogens (primary N) is 1. The zero-order valence-electron chi connectivity index (χ0n) is 11.3. The van der Waals surface area contributed by atoms with E-state index in [4.69, 9.17) is 14.9 Å². The Morgan fingerprint density at radius 2 is 1.15 bits per heavy atom. The molecule has 2 N–H and O–H groups in total. The SMILES string of the molecule is Cc1ccc(OP(=O)(ON)Oc2ccc(C)cc2)cc1. The normalized spacial score (nSPS) is 11.2. The van der Waals surface area contributed by atoms with Crippen LogP contribution in [0.3, 0.4) is 0 Å². The third-order valence-corrected chi connectivity index (χ3v) is 3.73. The molecular weight excluding hydrogens is 277 g/mol. The summed E-state index contributed by atoms with van der Waals surface area (Å²) >= 11 is 0. The zero-order valence-corrected chi connectivity index (χ0v) is 12.2. The van der Waals surface area contributed by atoms with Crippen molar-refractivity contribution in [2.45, 2.75) is 13.8 Å². The highest BCUT2D eigenvalue weighted by atomic mass is 31.2. The molecule has 0 aliphatic carbocycles. The Bertz CT molecular complexity index is 559. The predicted molar refractivity (Wildman–Crippen MR) is 76.5 cm³/mol. The first-order valence-corrected chi connectivity index (χ1v) is 7.48. The standard InChI is InChI=1S/C14H16NO4P/c1-11-3-7-13(8-4-11)17-20(16,19-15)18-14-9-5-12(2)6-10-14/h3-10H,15H2,1-2H3. The third-order valence-electron chi connectivity index (χ3n) is 2.61. The molecule has 0 saturated carbocycles. The summed E-state index contributed by atoms with van der Waals surface area (Å²) in [5.74, 6) is 5.77. The van der Waals surface area contributed by atoms with Gasteiger partial charge in [-0.2, -0.15) is 4.62 Å². The lowest BCUT2D eigenvalue weighted by molar-refractivity contribution is 0.214. The van der Waals surface area contributed by atoms with E-state index >= 15 is 0 Å². The van der Waals surface area contributed by atoms with Gasteiger partial charge in [-0.3, -0.25) is 0 Å². The van der Waals surface area contributed by atoms with Crippen LogP contribution in [0.4, 0.5) is 0 Å². The number of benzene rings is 2. The predicted octanol–water partition coefficient (Wildman–Crippen LogP) is 3.76. The topological polar surface area (TPSA) is 70.8 Å². The smallest absolute Gasteiger partial charge is 0.394 e. The van der Waals surface area contributed by atoms with Gasteiger partial charge in [0.2, 0.25) is 0 Å². The lowest BCUT2D eigenvalue weighted by atomic mass is 10.2. The molecule has 0 aliphatic heterocycles. The van der Waals surface area contributed by atoms with Crippen LogP contribution in [0.2, 0.25) is 0 Å². The van der Waals surface area contributed by atoms with E-state index in [0.29, 0.717) is 11.5 Å². The van der Waals surface area contributed by atoms with Crippen LogP contribution in [-0.4, -0.2) is 0 Å². The van der Waals surface area contributed by atoms with E-state index in [-0.39, 0.29) is 0 Å². The zero-order chi connectivity index (χ0) is 14.6. The molecule has 2 rings (SSSR count). The molecule has 2 aromatic rings. The maximum Gasteiger partial charge on any atom is 0.604 e. The molecule has 0 aliphatic rings. The lowest BCUT2D eigenvalue weighted by Crippen LogP contribution is -2.08. The average molecular weight is 293 g/mol. The quantitative estimate of drug-likeness (QED) is 0.671. The Morgan fingerprint density at radius 1 is 0.800 bits per heavy atom. The van der Waals surface area contributed by atoms with Crippen LogP contribution < -0.4 is 14.9 Å². The van der Waals surface area contributed by atoms with Crippen LogP contribution in [0.15, 0.2) is 48.5 Å². The molecule has 5 nitrogen and oxygen atoms in total. The summed E-state index contributed by atoms with van der Waals surface area (Å²) in [5, 5.41) is 0. The van der Waals surface area contributed by atoms with Crippen LogP contribution >= 0.6 is 7.82 Å². The molecule has 0 atom stereocenters. The van der Waals surface area contributed by atoms with E-state index in [9.17, 15) is 4.57 Å². The second-order valence-corrected chi connectivity index (χ2v) is 5.83. The van der Waals surface area contributed by atoms with Crippen LogP contribution in [0, 0.1) is 13.8 Å². The maximum atomic E-state index is 12.3. The van der Waals surface area contributed by atoms with Crippen LogP contribution in [0.1, 0.15) is 11.1 Å². The summed E-state index contributed by atoms with van der Waals surface area (Å²) in [5.41, 5.74) is 2.11. The molecule has 0 unspecified atom stereocenters. The van der Waals surface area contributed by atoms with Crippen molar-refractivity contribution in [3.63, 3.8) is 0 Å². The largest absolute Gasteiger partial charge is 0.604 e. The number of aryl methyl sites for hydroxylation is 2. The van der Waals surface area contributed by atoms with Gasteiger partial charge in [0.25, 0.3) is 0 Å². The first-order chi connectivity index (χ1) is 9.50. The molecule has 106 valence electrons. The monoisotopic (exact) mass is 293 g/mol. The van der Waals surface area contributed by atoms with Crippen molar-refractivity contribution < 1.29 is 18.2 Å².